The van der Waals surface area contributed by atoms with E-state index in [1.165, 1.54) is 38.5 Å². The van der Waals surface area contributed by atoms with Gasteiger partial charge in [0, 0.05) is 5.57 Å². The van der Waals surface area contributed by atoms with Crippen molar-refractivity contribution >= 4 is 5.57 Å². The van der Waals surface area contributed by atoms with E-state index in [0.29, 0.717) is 23.7 Å². The molecule has 4 fully saturated rings. The molecule has 4 nitrogen and oxygen atoms in total. The van der Waals surface area contributed by atoms with Gasteiger partial charge in [-0.15, -0.1) is 10.2 Å². The first-order valence-corrected chi connectivity index (χ1v) is 7.88. The Labute approximate surface area is 119 Å². The van der Waals surface area contributed by atoms with Crippen LogP contribution in [0.5, 0.6) is 0 Å². The minimum absolute atomic E-state index is 0.317. The first-order chi connectivity index (χ1) is 9.66. The molecule has 0 aliphatic heterocycles. The first kappa shape index (κ1) is 12.6. The van der Waals surface area contributed by atoms with Crippen molar-refractivity contribution in [3.8, 4) is 0 Å². The number of allylic oxidation sites excluding steroid dienone is 2. The van der Waals surface area contributed by atoms with Crippen LogP contribution in [-0.4, -0.2) is 10.2 Å². The maximum Gasteiger partial charge on any atom is 0.243 e. The Morgan fingerprint density at radius 3 is 2.30 bits per heavy atom. The average Bonchev–Trinajstić information content (AvgIpc) is 2.85. The SMILES string of the molecule is C/C(=C\C12CC3CC(CC(C3)C1)C2)c1nnc(CN)o1. The zero-order chi connectivity index (χ0) is 13.7. The van der Waals surface area contributed by atoms with Crippen molar-refractivity contribution in [3.05, 3.63) is 17.9 Å². The van der Waals surface area contributed by atoms with E-state index in [1.54, 1.807) is 0 Å². The minimum Gasteiger partial charge on any atom is -0.420 e. The normalized spacial score (nSPS) is 39.5. The van der Waals surface area contributed by atoms with Gasteiger partial charge in [0.1, 0.15) is 0 Å². The van der Waals surface area contributed by atoms with Crippen molar-refractivity contribution in [1.82, 2.24) is 10.2 Å². The van der Waals surface area contributed by atoms with Gasteiger partial charge in [0.2, 0.25) is 11.8 Å². The molecular formula is C16H23N3O. The van der Waals surface area contributed by atoms with Crippen LogP contribution in [0, 0.1) is 23.2 Å². The van der Waals surface area contributed by atoms with Crippen molar-refractivity contribution in [2.75, 3.05) is 0 Å². The van der Waals surface area contributed by atoms with Gasteiger partial charge in [-0.3, -0.25) is 0 Å². The van der Waals surface area contributed by atoms with Gasteiger partial charge < -0.3 is 10.2 Å². The molecule has 4 aliphatic carbocycles. The third kappa shape index (κ3) is 2.01. The zero-order valence-corrected chi connectivity index (χ0v) is 12.1. The van der Waals surface area contributed by atoms with E-state index in [9.17, 15) is 0 Å². The Hall–Kier alpha value is -1.16. The number of aromatic nitrogens is 2. The molecule has 0 spiro atoms. The molecular weight excluding hydrogens is 250 g/mol. The predicted molar refractivity (Wildman–Crippen MR) is 76.4 cm³/mol. The molecule has 0 unspecified atom stereocenters. The second-order valence-electron chi connectivity index (χ2n) is 7.31. The Bertz CT molecular complexity index is 510. The zero-order valence-electron chi connectivity index (χ0n) is 12.1. The van der Waals surface area contributed by atoms with Crippen LogP contribution in [0.25, 0.3) is 5.57 Å². The van der Waals surface area contributed by atoms with Gasteiger partial charge in [0.25, 0.3) is 0 Å². The van der Waals surface area contributed by atoms with E-state index in [1.807, 2.05) is 0 Å². The summed E-state index contributed by atoms with van der Waals surface area (Å²) < 4.78 is 5.59. The van der Waals surface area contributed by atoms with Gasteiger partial charge in [0.05, 0.1) is 6.54 Å². The van der Waals surface area contributed by atoms with E-state index >= 15 is 0 Å². The summed E-state index contributed by atoms with van der Waals surface area (Å²) in [5, 5.41) is 8.09. The maximum absolute atomic E-state index is 5.59. The summed E-state index contributed by atoms with van der Waals surface area (Å²) in [5.74, 6) is 4.08. The molecule has 1 aromatic rings. The molecule has 1 aromatic heterocycles. The lowest BCUT2D eigenvalue weighted by Gasteiger charge is -2.56. The topological polar surface area (TPSA) is 64.9 Å². The van der Waals surface area contributed by atoms with Crippen molar-refractivity contribution in [1.29, 1.82) is 0 Å². The van der Waals surface area contributed by atoms with E-state index in [-0.39, 0.29) is 0 Å². The molecule has 1 heterocycles. The molecule has 4 heteroatoms. The minimum atomic E-state index is 0.317. The molecule has 2 N–H and O–H groups in total. The van der Waals surface area contributed by atoms with Gasteiger partial charge in [-0.1, -0.05) is 6.08 Å². The second-order valence-corrected chi connectivity index (χ2v) is 7.31. The highest BCUT2D eigenvalue weighted by Crippen LogP contribution is 2.61. The highest BCUT2D eigenvalue weighted by molar-refractivity contribution is 5.57. The third-order valence-corrected chi connectivity index (χ3v) is 5.59. The summed E-state index contributed by atoms with van der Waals surface area (Å²) >= 11 is 0. The average molecular weight is 273 g/mol. The third-order valence-electron chi connectivity index (χ3n) is 5.59. The Kier molecular flexibility index (Phi) is 2.78. The van der Waals surface area contributed by atoms with Crippen molar-refractivity contribution in [3.63, 3.8) is 0 Å². The summed E-state index contributed by atoms with van der Waals surface area (Å²) in [5.41, 5.74) is 7.09. The molecule has 4 aliphatic rings. The molecule has 4 saturated carbocycles. The molecule has 5 rings (SSSR count). The largest absolute Gasteiger partial charge is 0.420 e. The van der Waals surface area contributed by atoms with E-state index < -0.39 is 0 Å². The number of hydrogen-bond donors (Lipinski definition) is 1. The van der Waals surface area contributed by atoms with Crippen LogP contribution in [-0.2, 0) is 6.54 Å². The molecule has 4 bridgehead atoms. The van der Waals surface area contributed by atoms with Crippen molar-refractivity contribution in [2.24, 2.45) is 28.9 Å². The van der Waals surface area contributed by atoms with Crippen molar-refractivity contribution < 1.29 is 4.42 Å². The molecule has 0 radical (unpaired) electrons. The predicted octanol–water partition coefficient (Wildman–Crippen LogP) is 3.15. The summed E-state index contributed by atoms with van der Waals surface area (Å²) in [4.78, 5) is 0. The lowest BCUT2D eigenvalue weighted by Crippen LogP contribution is -2.45. The summed E-state index contributed by atoms with van der Waals surface area (Å²) in [6.07, 6.45) is 11.0. The number of rotatable bonds is 3. The van der Waals surface area contributed by atoms with Crippen LogP contribution in [0.3, 0.4) is 0 Å². The fourth-order valence-corrected chi connectivity index (χ4v) is 5.37. The van der Waals surface area contributed by atoms with E-state index in [0.717, 1.165) is 23.3 Å². The van der Waals surface area contributed by atoms with Crippen LogP contribution < -0.4 is 5.73 Å². The van der Waals surface area contributed by atoms with Crippen LogP contribution in [0.2, 0.25) is 0 Å². The maximum atomic E-state index is 5.59. The molecule has 0 atom stereocenters. The van der Waals surface area contributed by atoms with Gasteiger partial charge in [-0.05, 0) is 68.6 Å². The monoisotopic (exact) mass is 273 g/mol. The molecule has 20 heavy (non-hydrogen) atoms. The first-order valence-electron chi connectivity index (χ1n) is 7.88. The second kappa shape index (κ2) is 4.42. The fraction of sp³-hybridized carbons (Fsp3) is 0.750. The van der Waals surface area contributed by atoms with Crippen LogP contribution in [0.4, 0.5) is 0 Å². The fourth-order valence-electron chi connectivity index (χ4n) is 5.37. The molecule has 0 amide bonds. The Balaban J connectivity index is 1.62. The Morgan fingerprint density at radius 2 is 1.80 bits per heavy atom. The number of hydrogen-bond acceptors (Lipinski definition) is 4. The summed E-state index contributed by atoms with van der Waals surface area (Å²) in [7, 11) is 0. The highest BCUT2D eigenvalue weighted by Gasteiger charge is 2.49. The number of nitrogens with two attached hydrogens (primary N) is 1. The quantitative estimate of drug-likeness (QED) is 0.918. The van der Waals surface area contributed by atoms with Gasteiger partial charge in [-0.25, -0.2) is 0 Å². The van der Waals surface area contributed by atoms with Gasteiger partial charge in [-0.2, -0.15) is 0 Å². The van der Waals surface area contributed by atoms with Crippen LogP contribution in [0.15, 0.2) is 10.5 Å². The lowest BCUT2D eigenvalue weighted by atomic mass is 9.49. The van der Waals surface area contributed by atoms with E-state index in [2.05, 4.69) is 23.2 Å². The van der Waals surface area contributed by atoms with E-state index in [4.69, 9.17) is 10.2 Å². The molecule has 108 valence electrons. The molecule has 0 aromatic carbocycles. The van der Waals surface area contributed by atoms with Crippen LogP contribution in [0.1, 0.15) is 57.2 Å². The number of nitrogens with zero attached hydrogens (tertiary/aromatic N) is 2. The summed E-state index contributed by atoms with van der Waals surface area (Å²) in [6.45, 7) is 2.42. The lowest BCUT2D eigenvalue weighted by molar-refractivity contribution is -0.0235. The smallest absolute Gasteiger partial charge is 0.243 e. The molecule has 0 saturated heterocycles. The van der Waals surface area contributed by atoms with Crippen LogP contribution >= 0.6 is 0 Å². The Morgan fingerprint density at radius 1 is 1.20 bits per heavy atom. The van der Waals surface area contributed by atoms with Gasteiger partial charge in [0.15, 0.2) is 0 Å². The summed E-state index contributed by atoms with van der Waals surface area (Å²) in [6, 6.07) is 0. The standard InChI is InChI=1S/C16H23N3O/c1-10(15-19-18-14(9-17)20-15)5-16-6-11-2-12(7-16)4-13(3-11)8-16/h5,11-13H,2-4,6-9,17H2,1H3/b10-5+. The van der Waals surface area contributed by atoms with Gasteiger partial charge >= 0.3 is 0 Å². The van der Waals surface area contributed by atoms with Crippen molar-refractivity contribution in [2.45, 2.75) is 52.0 Å². The highest BCUT2D eigenvalue weighted by atomic mass is 16.4.